The van der Waals surface area contributed by atoms with E-state index >= 15 is 0 Å². The highest BCUT2D eigenvalue weighted by Gasteiger charge is 2.13. The van der Waals surface area contributed by atoms with Crippen molar-refractivity contribution in [2.24, 2.45) is 5.73 Å². The first-order valence-electron chi connectivity index (χ1n) is 5.49. The molecule has 0 bridgehead atoms. The van der Waals surface area contributed by atoms with Crippen molar-refractivity contribution < 1.29 is 0 Å². The summed E-state index contributed by atoms with van der Waals surface area (Å²) in [5.41, 5.74) is 8.14. The Morgan fingerprint density at radius 2 is 2.20 bits per heavy atom. The van der Waals surface area contributed by atoms with E-state index in [9.17, 15) is 0 Å². The second-order valence-corrected chi connectivity index (χ2v) is 4.00. The fraction of sp³-hybridized carbons (Fsp3) is 0.583. The van der Waals surface area contributed by atoms with Gasteiger partial charge in [0.25, 0.3) is 0 Å². The third-order valence-electron chi connectivity index (χ3n) is 3.06. The molecule has 3 nitrogen and oxygen atoms in total. The van der Waals surface area contributed by atoms with Gasteiger partial charge in [0.1, 0.15) is 5.82 Å². The van der Waals surface area contributed by atoms with Crippen LogP contribution in [-0.4, -0.2) is 18.1 Å². The minimum absolute atomic E-state index is 0.490. The van der Waals surface area contributed by atoms with E-state index in [0.717, 1.165) is 17.8 Å². The Morgan fingerprint density at radius 1 is 1.53 bits per heavy atom. The van der Waals surface area contributed by atoms with Crippen molar-refractivity contribution in [3.63, 3.8) is 0 Å². The molecule has 0 aromatic carbocycles. The van der Waals surface area contributed by atoms with Gasteiger partial charge in [0.15, 0.2) is 0 Å². The second kappa shape index (κ2) is 5.12. The first kappa shape index (κ1) is 12.0. The molecule has 1 atom stereocenters. The summed E-state index contributed by atoms with van der Waals surface area (Å²) in [6.45, 7) is 7.01. The molecule has 0 fully saturated rings. The van der Waals surface area contributed by atoms with Crippen LogP contribution in [0.15, 0.2) is 12.3 Å². The molecule has 1 aromatic heterocycles. The highest BCUT2D eigenvalue weighted by molar-refractivity contribution is 5.50. The van der Waals surface area contributed by atoms with Crippen LogP contribution >= 0.6 is 0 Å². The van der Waals surface area contributed by atoms with Crippen molar-refractivity contribution in [1.29, 1.82) is 0 Å². The lowest BCUT2D eigenvalue weighted by atomic mass is 10.1. The van der Waals surface area contributed by atoms with Crippen LogP contribution in [0.4, 0.5) is 5.82 Å². The van der Waals surface area contributed by atoms with Crippen LogP contribution in [0, 0.1) is 6.92 Å². The van der Waals surface area contributed by atoms with E-state index in [1.54, 1.807) is 0 Å². The fourth-order valence-corrected chi connectivity index (χ4v) is 1.61. The summed E-state index contributed by atoms with van der Waals surface area (Å²) >= 11 is 0. The fourth-order valence-electron chi connectivity index (χ4n) is 1.61. The van der Waals surface area contributed by atoms with E-state index in [-0.39, 0.29) is 0 Å². The zero-order valence-corrected chi connectivity index (χ0v) is 10.1. The second-order valence-electron chi connectivity index (χ2n) is 4.00. The Balaban J connectivity index is 3.07. The van der Waals surface area contributed by atoms with E-state index in [0.29, 0.717) is 12.6 Å². The summed E-state index contributed by atoms with van der Waals surface area (Å²) in [6, 6.07) is 2.50. The van der Waals surface area contributed by atoms with E-state index in [1.807, 2.05) is 12.3 Å². The van der Waals surface area contributed by atoms with Crippen molar-refractivity contribution in [3.05, 3.63) is 23.4 Å². The van der Waals surface area contributed by atoms with E-state index in [1.165, 1.54) is 5.56 Å². The van der Waals surface area contributed by atoms with Crippen molar-refractivity contribution >= 4 is 5.82 Å². The Kier molecular flexibility index (Phi) is 4.09. The summed E-state index contributed by atoms with van der Waals surface area (Å²) in [5, 5.41) is 0. The Morgan fingerprint density at radius 3 is 2.73 bits per heavy atom. The molecule has 0 saturated heterocycles. The molecule has 2 N–H and O–H groups in total. The van der Waals surface area contributed by atoms with Gasteiger partial charge in [-0.2, -0.15) is 0 Å². The number of nitrogens with two attached hydrogens (primary N) is 1. The zero-order valence-electron chi connectivity index (χ0n) is 10.1. The topological polar surface area (TPSA) is 42.2 Å². The van der Waals surface area contributed by atoms with Gasteiger partial charge in [-0.3, -0.25) is 0 Å². The average molecular weight is 207 g/mol. The van der Waals surface area contributed by atoms with E-state index in [4.69, 9.17) is 5.73 Å². The van der Waals surface area contributed by atoms with Crippen molar-refractivity contribution in [2.45, 2.75) is 39.8 Å². The number of anilines is 1. The smallest absolute Gasteiger partial charge is 0.133 e. The Labute approximate surface area is 92.3 Å². The molecular formula is C12H21N3. The van der Waals surface area contributed by atoms with Gasteiger partial charge in [-0.25, -0.2) is 4.98 Å². The van der Waals surface area contributed by atoms with Crippen LogP contribution in [0.25, 0.3) is 0 Å². The van der Waals surface area contributed by atoms with E-state index in [2.05, 4.69) is 37.7 Å². The number of nitrogens with zero attached hydrogens (tertiary/aromatic N) is 2. The number of hydrogen-bond acceptors (Lipinski definition) is 3. The predicted molar refractivity (Wildman–Crippen MR) is 65.0 cm³/mol. The van der Waals surface area contributed by atoms with Crippen LogP contribution in [0.1, 0.15) is 31.4 Å². The molecule has 84 valence electrons. The Hall–Kier alpha value is -1.09. The van der Waals surface area contributed by atoms with Crippen molar-refractivity contribution in [2.75, 3.05) is 11.9 Å². The molecule has 3 heteroatoms. The highest BCUT2D eigenvalue weighted by atomic mass is 15.2. The first-order chi connectivity index (χ1) is 7.11. The molecule has 0 saturated carbocycles. The number of aryl methyl sites for hydroxylation is 1. The van der Waals surface area contributed by atoms with Gasteiger partial charge in [0.2, 0.25) is 0 Å². The number of aromatic nitrogens is 1. The van der Waals surface area contributed by atoms with Gasteiger partial charge in [0.05, 0.1) is 0 Å². The van der Waals surface area contributed by atoms with Gasteiger partial charge in [-0.1, -0.05) is 6.92 Å². The molecule has 0 spiro atoms. The maximum absolute atomic E-state index is 5.76. The van der Waals surface area contributed by atoms with Crippen LogP contribution in [0.2, 0.25) is 0 Å². The van der Waals surface area contributed by atoms with Crippen LogP contribution < -0.4 is 10.6 Å². The summed E-state index contributed by atoms with van der Waals surface area (Å²) in [6.07, 6.45) is 2.96. The lowest BCUT2D eigenvalue weighted by Crippen LogP contribution is -2.30. The van der Waals surface area contributed by atoms with Crippen LogP contribution in [-0.2, 0) is 6.54 Å². The molecule has 1 rings (SSSR count). The standard InChI is InChI=1S/C12H21N3/c1-5-10(3)15(4)12-11(8-13)9(2)6-7-14-12/h6-7,10H,5,8,13H2,1-4H3. The van der Waals surface area contributed by atoms with Crippen molar-refractivity contribution in [3.8, 4) is 0 Å². The maximum Gasteiger partial charge on any atom is 0.133 e. The third kappa shape index (κ3) is 2.48. The summed E-state index contributed by atoms with van der Waals surface area (Å²) in [5.74, 6) is 1.02. The predicted octanol–water partition coefficient (Wildman–Crippen LogP) is 2.08. The Bertz CT molecular complexity index is 323. The summed E-state index contributed by atoms with van der Waals surface area (Å²) < 4.78 is 0. The first-order valence-corrected chi connectivity index (χ1v) is 5.49. The molecule has 0 aliphatic rings. The van der Waals surface area contributed by atoms with Gasteiger partial charge < -0.3 is 10.6 Å². The lowest BCUT2D eigenvalue weighted by molar-refractivity contribution is 0.653. The highest BCUT2D eigenvalue weighted by Crippen LogP contribution is 2.21. The van der Waals surface area contributed by atoms with Gasteiger partial charge in [0, 0.05) is 31.4 Å². The van der Waals surface area contributed by atoms with Crippen LogP contribution in [0.5, 0.6) is 0 Å². The van der Waals surface area contributed by atoms with Gasteiger partial charge in [-0.05, 0) is 31.9 Å². The molecular weight excluding hydrogens is 186 g/mol. The summed E-state index contributed by atoms with van der Waals surface area (Å²) in [7, 11) is 2.08. The molecule has 1 heterocycles. The quantitative estimate of drug-likeness (QED) is 0.822. The number of hydrogen-bond donors (Lipinski definition) is 1. The monoisotopic (exact) mass is 207 g/mol. The molecule has 0 aliphatic carbocycles. The maximum atomic E-state index is 5.76. The van der Waals surface area contributed by atoms with Gasteiger partial charge >= 0.3 is 0 Å². The van der Waals surface area contributed by atoms with E-state index < -0.39 is 0 Å². The van der Waals surface area contributed by atoms with Gasteiger partial charge in [-0.15, -0.1) is 0 Å². The molecule has 1 unspecified atom stereocenters. The molecule has 1 aromatic rings. The SMILES string of the molecule is CCC(C)N(C)c1nccc(C)c1CN. The molecule has 0 aliphatic heterocycles. The number of pyridine rings is 1. The summed E-state index contributed by atoms with van der Waals surface area (Å²) in [4.78, 5) is 6.63. The van der Waals surface area contributed by atoms with Crippen molar-refractivity contribution in [1.82, 2.24) is 4.98 Å². The largest absolute Gasteiger partial charge is 0.357 e. The normalized spacial score (nSPS) is 12.6. The zero-order chi connectivity index (χ0) is 11.4. The molecule has 15 heavy (non-hydrogen) atoms. The third-order valence-corrected chi connectivity index (χ3v) is 3.06. The minimum atomic E-state index is 0.490. The number of rotatable bonds is 4. The van der Waals surface area contributed by atoms with Crippen LogP contribution in [0.3, 0.4) is 0 Å². The minimum Gasteiger partial charge on any atom is -0.357 e. The molecule has 0 amide bonds. The lowest BCUT2D eigenvalue weighted by Gasteiger charge is -2.27. The average Bonchev–Trinajstić information content (AvgIpc) is 2.26. The molecule has 0 radical (unpaired) electrons.